The van der Waals surface area contributed by atoms with Crippen LogP contribution in [0.2, 0.25) is 0 Å². The zero-order valence-electron chi connectivity index (χ0n) is 14.1. The Morgan fingerprint density at radius 3 is 2.81 bits per heavy atom. The quantitative estimate of drug-likeness (QED) is 0.673. The topological polar surface area (TPSA) is 147 Å². The highest BCUT2D eigenvalue weighted by Crippen LogP contribution is 2.26. The number of nitrogens with zero attached hydrogens (tertiary/aromatic N) is 2. The Kier molecular flexibility index (Phi) is 6.14. The average molecular weight is 395 g/mol. The van der Waals surface area contributed by atoms with Crippen molar-refractivity contribution in [2.24, 2.45) is 0 Å². The minimum atomic E-state index is -4.04. The standard InChI is InChI=1S/C15H17N5O4S2/c1-9-5-14(25-11(9)3-4-24-2)26(22,23)20-15(21)19-13-7-10(8-16)6-12(17)18-13/h5-7H,3-4H2,1-2H3,(H4,17,18,19,20,21). The van der Waals surface area contributed by atoms with Gasteiger partial charge < -0.3 is 10.5 Å². The number of thiophene rings is 1. The number of nitrogens with one attached hydrogen (secondary N) is 2. The smallest absolute Gasteiger partial charge is 0.334 e. The first-order chi connectivity index (χ1) is 12.2. The van der Waals surface area contributed by atoms with Crippen molar-refractivity contribution >= 4 is 39.0 Å². The summed E-state index contributed by atoms with van der Waals surface area (Å²) in [6.07, 6.45) is 0.582. The van der Waals surface area contributed by atoms with Crippen LogP contribution >= 0.6 is 11.3 Å². The predicted octanol–water partition coefficient (Wildman–Crippen LogP) is 1.60. The number of sulfonamides is 1. The van der Waals surface area contributed by atoms with Gasteiger partial charge in [-0.25, -0.2) is 22.9 Å². The number of ether oxygens (including phenoxy) is 1. The van der Waals surface area contributed by atoms with E-state index in [0.717, 1.165) is 21.8 Å². The van der Waals surface area contributed by atoms with Crippen molar-refractivity contribution in [2.45, 2.75) is 17.6 Å². The molecule has 11 heteroatoms. The van der Waals surface area contributed by atoms with E-state index in [1.807, 2.05) is 10.8 Å². The van der Waals surface area contributed by atoms with E-state index in [0.29, 0.717) is 13.0 Å². The Balaban J connectivity index is 2.13. The molecule has 0 aliphatic rings. The molecule has 2 heterocycles. The summed E-state index contributed by atoms with van der Waals surface area (Å²) in [5.74, 6) is -0.00346. The van der Waals surface area contributed by atoms with E-state index < -0.39 is 16.1 Å². The first kappa shape index (κ1) is 19.6. The third kappa shape index (κ3) is 4.92. The minimum absolute atomic E-state index is 0.0227. The average Bonchev–Trinajstić information content (AvgIpc) is 2.93. The number of aryl methyl sites for hydroxylation is 1. The molecule has 0 radical (unpaired) electrons. The van der Waals surface area contributed by atoms with Crippen LogP contribution in [-0.4, -0.2) is 33.1 Å². The Morgan fingerprint density at radius 2 is 2.15 bits per heavy atom. The van der Waals surface area contributed by atoms with Gasteiger partial charge in [0.05, 0.1) is 18.2 Å². The predicted molar refractivity (Wildman–Crippen MR) is 97.3 cm³/mol. The molecule has 2 rings (SSSR count). The van der Waals surface area contributed by atoms with E-state index in [2.05, 4.69) is 10.3 Å². The monoisotopic (exact) mass is 395 g/mol. The highest BCUT2D eigenvalue weighted by molar-refractivity contribution is 7.92. The van der Waals surface area contributed by atoms with Crippen LogP contribution in [0.25, 0.3) is 0 Å². The largest absolute Gasteiger partial charge is 0.384 e. The van der Waals surface area contributed by atoms with Gasteiger partial charge in [0, 0.05) is 18.4 Å². The maximum absolute atomic E-state index is 12.4. The van der Waals surface area contributed by atoms with Gasteiger partial charge in [-0.1, -0.05) is 0 Å². The second kappa shape index (κ2) is 8.13. The number of nitriles is 1. The van der Waals surface area contributed by atoms with Crippen molar-refractivity contribution in [1.29, 1.82) is 5.26 Å². The Bertz CT molecular complexity index is 963. The molecule has 0 bridgehead atoms. The number of hydrogen-bond acceptors (Lipinski definition) is 8. The fourth-order valence-corrected chi connectivity index (χ4v) is 4.54. The van der Waals surface area contributed by atoms with Gasteiger partial charge in [0.2, 0.25) is 0 Å². The number of carbonyl (C=O) groups excluding carboxylic acids is 1. The number of hydrogen-bond donors (Lipinski definition) is 3. The molecule has 0 fully saturated rings. The molecule has 0 atom stereocenters. The summed E-state index contributed by atoms with van der Waals surface area (Å²) in [6, 6.07) is 4.96. The van der Waals surface area contributed by atoms with Crippen LogP contribution in [0.15, 0.2) is 22.4 Å². The highest BCUT2D eigenvalue weighted by atomic mass is 32.2. The van der Waals surface area contributed by atoms with Crippen molar-refractivity contribution in [3.8, 4) is 6.07 Å². The van der Waals surface area contributed by atoms with Crippen LogP contribution in [0, 0.1) is 18.3 Å². The zero-order chi connectivity index (χ0) is 19.3. The van der Waals surface area contributed by atoms with Gasteiger partial charge in [-0.05, 0) is 30.7 Å². The van der Waals surface area contributed by atoms with Crippen molar-refractivity contribution in [2.75, 3.05) is 24.8 Å². The number of nitrogen functional groups attached to an aromatic ring is 1. The van der Waals surface area contributed by atoms with Crippen LogP contribution in [0.4, 0.5) is 16.4 Å². The van der Waals surface area contributed by atoms with E-state index in [4.69, 9.17) is 15.7 Å². The van der Waals surface area contributed by atoms with E-state index in [1.54, 1.807) is 14.0 Å². The number of urea groups is 1. The second-order valence-electron chi connectivity index (χ2n) is 5.25. The Morgan fingerprint density at radius 1 is 1.42 bits per heavy atom. The van der Waals surface area contributed by atoms with Crippen LogP contribution in [0.1, 0.15) is 16.0 Å². The highest BCUT2D eigenvalue weighted by Gasteiger charge is 2.22. The third-order valence-corrected chi connectivity index (χ3v) is 6.34. The van der Waals surface area contributed by atoms with Crippen LogP contribution in [0.3, 0.4) is 0 Å². The number of pyridine rings is 1. The van der Waals surface area contributed by atoms with E-state index in [-0.39, 0.29) is 21.4 Å². The number of anilines is 2. The fraction of sp³-hybridized carbons (Fsp3) is 0.267. The first-order valence-electron chi connectivity index (χ1n) is 7.35. The summed E-state index contributed by atoms with van der Waals surface area (Å²) < 4.78 is 31.7. The summed E-state index contributed by atoms with van der Waals surface area (Å²) in [5, 5.41) is 11.1. The molecule has 9 nitrogen and oxygen atoms in total. The van der Waals surface area contributed by atoms with Crippen molar-refractivity contribution in [3.05, 3.63) is 34.2 Å². The molecule has 0 aliphatic carbocycles. The molecule has 26 heavy (non-hydrogen) atoms. The number of methoxy groups -OCH3 is 1. The molecule has 0 aromatic carbocycles. The van der Waals surface area contributed by atoms with Crippen LogP contribution < -0.4 is 15.8 Å². The summed E-state index contributed by atoms with van der Waals surface area (Å²) in [7, 11) is -2.48. The molecule has 0 aliphatic heterocycles. The fourth-order valence-electron chi connectivity index (χ4n) is 2.06. The minimum Gasteiger partial charge on any atom is -0.384 e. The van der Waals surface area contributed by atoms with Crippen molar-refractivity contribution < 1.29 is 17.9 Å². The maximum atomic E-state index is 12.4. The van der Waals surface area contributed by atoms with Gasteiger partial charge in [-0.3, -0.25) is 5.32 Å². The van der Waals surface area contributed by atoms with Gasteiger partial charge in [0.15, 0.2) is 0 Å². The van der Waals surface area contributed by atoms with E-state index in [1.165, 1.54) is 18.2 Å². The maximum Gasteiger partial charge on any atom is 0.334 e. The number of amides is 2. The van der Waals surface area contributed by atoms with Crippen molar-refractivity contribution in [1.82, 2.24) is 9.71 Å². The molecule has 0 saturated heterocycles. The first-order valence-corrected chi connectivity index (χ1v) is 9.65. The summed E-state index contributed by atoms with van der Waals surface area (Å²) in [6.45, 7) is 2.26. The molecule has 0 spiro atoms. The van der Waals surface area contributed by atoms with E-state index in [9.17, 15) is 13.2 Å². The molecular formula is C15H17N5O4S2. The second-order valence-corrected chi connectivity index (χ2v) is 8.30. The summed E-state index contributed by atoms with van der Waals surface area (Å²) >= 11 is 1.07. The van der Waals surface area contributed by atoms with Crippen LogP contribution in [-0.2, 0) is 21.2 Å². The zero-order valence-corrected chi connectivity index (χ0v) is 15.7. The lowest BCUT2D eigenvalue weighted by atomic mass is 10.2. The molecule has 138 valence electrons. The molecule has 0 saturated carbocycles. The van der Waals surface area contributed by atoms with Gasteiger partial charge in [-0.2, -0.15) is 5.26 Å². The Labute approximate surface area is 154 Å². The number of carbonyl (C=O) groups is 1. The van der Waals surface area contributed by atoms with E-state index >= 15 is 0 Å². The van der Waals surface area contributed by atoms with Crippen molar-refractivity contribution in [3.63, 3.8) is 0 Å². The normalized spacial score (nSPS) is 11.0. The molecule has 0 unspecified atom stereocenters. The lowest BCUT2D eigenvalue weighted by Gasteiger charge is -2.07. The van der Waals surface area contributed by atoms with Gasteiger partial charge in [0.25, 0.3) is 10.0 Å². The Hall–Kier alpha value is -2.68. The SMILES string of the molecule is COCCc1sc(S(=O)(=O)NC(=O)Nc2cc(C#N)cc(N)n2)cc1C. The van der Waals surface area contributed by atoms with Crippen LogP contribution in [0.5, 0.6) is 0 Å². The molecule has 2 aromatic rings. The number of rotatable bonds is 6. The molecule has 2 amide bonds. The third-order valence-electron chi connectivity index (χ3n) is 3.24. The molecule has 2 aromatic heterocycles. The molecule has 4 N–H and O–H groups in total. The van der Waals surface area contributed by atoms with Gasteiger partial charge in [-0.15, -0.1) is 11.3 Å². The van der Waals surface area contributed by atoms with Gasteiger partial charge >= 0.3 is 6.03 Å². The van der Waals surface area contributed by atoms with Gasteiger partial charge in [0.1, 0.15) is 15.8 Å². The lowest BCUT2D eigenvalue weighted by molar-refractivity contribution is 0.203. The molecular weight excluding hydrogens is 378 g/mol. The number of nitrogens with two attached hydrogens (primary N) is 1. The number of aromatic nitrogens is 1. The lowest BCUT2D eigenvalue weighted by Crippen LogP contribution is -2.34. The summed E-state index contributed by atoms with van der Waals surface area (Å²) in [4.78, 5) is 16.7. The summed E-state index contributed by atoms with van der Waals surface area (Å²) in [5.41, 5.74) is 6.52.